The Labute approximate surface area is 156 Å². The average Bonchev–Trinajstić information content (AvgIpc) is 3.52. The third-order valence-electron chi connectivity index (χ3n) is 5.93. The topological polar surface area (TPSA) is 23.6 Å². The summed E-state index contributed by atoms with van der Waals surface area (Å²) in [5.41, 5.74) is 3.98. The number of fused-ring (bicyclic) bond motifs is 1. The maximum atomic E-state index is 13.0. The summed E-state index contributed by atoms with van der Waals surface area (Å²) in [5, 5.41) is 0. The average molecular weight is 348 g/mol. The van der Waals surface area contributed by atoms with Gasteiger partial charge in [-0.05, 0) is 48.8 Å². The zero-order chi connectivity index (χ0) is 17.9. The number of benzene rings is 2. The fourth-order valence-corrected chi connectivity index (χ4v) is 4.02. The molecule has 0 radical (unpaired) electrons. The van der Waals surface area contributed by atoms with Crippen molar-refractivity contribution >= 4 is 5.91 Å². The van der Waals surface area contributed by atoms with Crippen LogP contribution >= 0.6 is 0 Å². The van der Waals surface area contributed by atoms with Gasteiger partial charge in [-0.3, -0.25) is 9.69 Å². The fourth-order valence-electron chi connectivity index (χ4n) is 4.02. The van der Waals surface area contributed by atoms with E-state index < -0.39 is 0 Å². The van der Waals surface area contributed by atoms with E-state index in [0.29, 0.717) is 12.6 Å². The van der Waals surface area contributed by atoms with Gasteiger partial charge in [0.05, 0.1) is 6.54 Å². The summed E-state index contributed by atoms with van der Waals surface area (Å²) in [7, 11) is 0. The van der Waals surface area contributed by atoms with Crippen LogP contribution in [0.15, 0.2) is 54.6 Å². The molecule has 2 aromatic rings. The van der Waals surface area contributed by atoms with Crippen LogP contribution in [0.4, 0.5) is 0 Å². The Kier molecular flexibility index (Phi) is 5.07. The first-order valence-electron chi connectivity index (χ1n) is 9.83. The van der Waals surface area contributed by atoms with E-state index in [0.717, 1.165) is 32.0 Å². The van der Waals surface area contributed by atoms with Crippen molar-refractivity contribution in [3.05, 3.63) is 71.3 Å². The third kappa shape index (κ3) is 3.99. The second kappa shape index (κ2) is 7.63. The normalized spacial score (nSPS) is 17.8. The van der Waals surface area contributed by atoms with Crippen molar-refractivity contribution in [3.8, 4) is 0 Å². The molecule has 3 heteroatoms. The molecule has 4 rings (SSSR count). The highest BCUT2D eigenvalue weighted by Crippen LogP contribution is 2.35. The van der Waals surface area contributed by atoms with Gasteiger partial charge in [-0.2, -0.15) is 0 Å². The van der Waals surface area contributed by atoms with E-state index in [2.05, 4.69) is 66.4 Å². The van der Waals surface area contributed by atoms with Gasteiger partial charge in [-0.15, -0.1) is 0 Å². The van der Waals surface area contributed by atoms with E-state index in [-0.39, 0.29) is 5.91 Å². The quantitative estimate of drug-likeness (QED) is 0.791. The van der Waals surface area contributed by atoms with Crippen molar-refractivity contribution in [2.75, 3.05) is 13.1 Å². The zero-order valence-corrected chi connectivity index (χ0v) is 15.6. The Hall–Kier alpha value is -2.13. The lowest BCUT2D eigenvalue weighted by molar-refractivity contribution is -0.134. The largest absolute Gasteiger partial charge is 0.337 e. The summed E-state index contributed by atoms with van der Waals surface area (Å²) in [5.74, 6) is 1.02. The summed E-state index contributed by atoms with van der Waals surface area (Å²) in [6, 6.07) is 19.5. The van der Waals surface area contributed by atoms with Gasteiger partial charge < -0.3 is 4.90 Å². The smallest absolute Gasteiger partial charge is 0.237 e. The number of amides is 1. The minimum atomic E-state index is 0.267. The Morgan fingerprint density at radius 2 is 1.77 bits per heavy atom. The van der Waals surface area contributed by atoms with Crippen LogP contribution in [0, 0.1) is 5.92 Å². The molecule has 26 heavy (non-hydrogen) atoms. The van der Waals surface area contributed by atoms with Crippen molar-refractivity contribution in [1.82, 2.24) is 9.80 Å². The van der Waals surface area contributed by atoms with Crippen molar-refractivity contribution in [3.63, 3.8) is 0 Å². The second-order valence-electron chi connectivity index (χ2n) is 7.80. The number of rotatable bonds is 6. The van der Waals surface area contributed by atoms with Gasteiger partial charge in [-0.1, -0.05) is 54.6 Å². The molecule has 1 saturated carbocycles. The number of hydrogen-bond acceptors (Lipinski definition) is 2. The molecular weight excluding hydrogens is 320 g/mol. The van der Waals surface area contributed by atoms with E-state index in [9.17, 15) is 4.79 Å². The molecule has 1 heterocycles. The van der Waals surface area contributed by atoms with E-state index >= 15 is 0 Å². The fraction of sp³-hybridized carbons (Fsp3) is 0.435. The lowest BCUT2D eigenvalue weighted by atomic mass is 10.00. The number of hydrogen-bond donors (Lipinski definition) is 0. The summed E-state index contributed by atoms with van der Waals surface area (Å²) in [6.45, 7) is 5.27. The lowest BCUT2D eigenvalue weighted by Crippen LogP contribution is -2.45. The molecule has 0 bridgehead atoms. The van der Waals surface area contributed by atoms with E-state index in [4.69, 9.17) is 0 Å². The molecule has 0 aromatic heterocycles. The molecule has 2 aliphatic rings. The number of nitrogens with zero attached hydrogens (tertiary/aromatic N) is 2. The number of carbonyl (C=O) groups excluding carboxylic acids is 1. The minimum Gasteiger partial charge on any atom is -0.337 e. The predicted molar refractivity (Wildman–Crippen MR) is 105 cm³/mol. The molecule has 3 nitrogen and oxygen atoms in total. The molecule has 1 fully saturated rings. The van der Waals surface area contributed by atoms with Crippen molar-refractivity contribution in [1.29, 1.82) is 0 Å². The monoisotopic (exact) mass is 348 g/mol. The molecule has 1 atom stereocenters. The molecular formula is C23H28N2O. The van der Waals surface area contributed by atoms with Crippen LogP contribution in [-0.4, -0.2) is 34.8 Å². The van der Waals surface area contributed by atoms with Gasteiger partial charge >= 0.3 is 0 Å². The van der Waals surface area contributed by atoms with Gasteiger partial charge in [0.15, 0.2) is 0 Å². The van der Waals surface area contributed by atoms with Crippen LogP contribution in [0.1, 0.15) is 36.5 Å². The van der Waals surface area contributed by atoms with Crippen LogP contribution in [0.5, 0.6) is 0 Å². The molecule has 1 unspecified atom stereocenters. The molecule has 0 spiro atoms. The summed E-state index contributed by atoms with van der Waals surface area (Å²) < 4.78 is 0. The second-order valence-corrected chi connectivity index (χ2v) is 7.80. The first-order chi connectivity index (χ1) is 12.7. The van der Waals surface area contributed by atoms with Crippen LogP contribution in [-0.2, 0) is 24.3 Å². The van der Waals surface area contributed by atoms with Gasteiger partial charge in [-0.25, -0.2) is 0 Å². The Bertz CT molecular complexity index is 754. The van der Waals surface area contributed by atoms with Gasteiger partial charge in [0.1, 0.15) is 0 Å². The lowest BCUT2D eigenvalue weighted by Gasteiger charge is -2.34. The van der Waals surface area contributed by atoms with Crippen LogP contribution in [0.3, 0.4) is 0 Å². The summed E-state index contributed by atoms with van der Waals surface area (Å²) >= 11 is 0. The highest BCUT2D eigenvalue weighted by molar-refractivity contribution is 5.78. The minimum absolute atomic E-state index is 0.267. The third-order valence-corrected chi connectivity index (χ3v) is 5.93. The Morgan fingerprint density at radius 1 is 1.08 bits per heavy atom. The first kappa shape index (κ1) is 17.3. The van der Waals surface area contributed by atoms with E-state index in [1.54, 1.807) is 0 Å². The van der Waals surface area contributed by atoms with E-state index in [1.165, 1.54) is 29.5 Å². The van der Waals surface area contributed by atoms with Crippen LogP contribution < -0.4 is 0 Å². The molecule has 0 N–H and O–H groups in total. The van der Waals surface area contributed by atoms with E-state index in [1.807, 2.05) is 4.90 Å². The highest BCUT2D eigenvalue weighted by atomic mass is 16.2. The van der Waals surface area contributed by atoms with Crippen LogP contribution in [0.2, 0.25) is 0 Å². The standard InChI is InChI=1S/C23H28N2O/c1-18(20-11-12-20)25(15-19-7-3-2-4-8-19)17-23(26)24-14-13-21-9-5-6-10-22(21)16-24/h2-10,18,20H,11-17H2,1H3. The van der Waals surface area contributed by atoms with Gasteiger partial charge in [0.2, 0.25) is 5.91 Å². The maximum Gasteiger partial charge on any atom is 0.237 e. The SMILES string of the molecule is CC(C1CC1)N(CC(=O)N1CCc2ccccc2C1)Cc1ccccc1. The summed E-state index contributed by atoms with van der Waals surface area (Å²) in [6.07, 6.45) is 3.58. The zero-order valence-electron chi connectivity index (χ0n) is 15.6. The van der Waals surface area contributed by atoms with Gasteiger partial charge in [0.25, 0.3) is 0 Å². The highest BCUT2D eigenvalue weighted by Gasteiger charge is 2.33. The maximum absolute atomic E-state index is 13.0. The number of carbonyl (C=O) groups is 1. The molecule has 1 amide bonds. The molecule has 136 valence electrons. The summed E-state index contributed by atoms with van der Waals surface area (Å²) in [4.78, 5) is 17.5. The van der Waals surface area contributed by atoms with Crippen molar-refractivity contribution in [2.45, 2.75) is 45.3 Å². The molecule has 0 saturated heterocycles. The van der Waals surface area contributed by atoms with Gasteiger partial charge in [0, 0.05) is 25.7 Å². The first-order valence-corrected chi connectivity index (χ1v) is 9.83. The van der Waals surface area contributed by atoms with Crippen LogP contribution in [0.25, 0.3) is 0 Å². The van der Waals surface area contributed by atoms with Crippen molar-refractivity contribution < 1.29 is 4.79 Å². The van der Waals surface area contributed by atoms with Crippen molar-refractivity contribution in [2.24, 2.45) is 5.92 Å². The molecule has 2 aromatic carbocycles. The Morgan fingerprint density at radius 3 is 2.50 bits per heavy atom. The Balaban J connectivity index is 1.44. The predicted octanol–water partition coefficient (Wildman–Crippen LogP) is 3.87. The molecule has 1 aliphatic heterocycles. The molecule has 1 aliphatic carbocycles.